The molecule has 0 atom stereocenters. The second kappa shape index (κ2) is 11.7. The zero-order valence-electron chi connectivity index (χ0n) is 19.3. The van der Waals surface area contributed by atoms with Crippen molar-refractivity contribution in [2.24, 2.45) is 0 Å². The fourth-order valence-corrected chi connectivity index (χ4v) is 5.48. The van der Waals surface area contributed by atoms with Crippen molar-refractivity contribution >= 4 is 29.0 Å². The lowest BCUT2D eigenvalue weighted by Crippen LogP contribution is -2.41. The van der Waals surface area contributed by atoms with Crippen molar-refractivity contribution in [1.82, 2.24) is 34.9 Å². The number of rotatable bonds is 9. The third-order valence-electron chi connectivity index (χ3n) is 5.57. The molecular formula is C24H24FN7O2S2. The van der Waals surface area contributed by atoms with Gasteiger partial charge in [0.1, 0.15) is 16.5 Å². The molecule has 36 heavy (non-hydrogen) atoms. The molecule has 1 aliphatic rings. The molecule has 9 nitrogen and oxygen atoms in total. The molecule has 1 amide bonds. The van der Waals surface area contributed by atoms with Gasteiger partial charge in [-0.1, -0.05) is 23.9 Å². The van der Waals surface area contributed by atoms with Crippen LogP contribution >= 0.6 is 23.1 Å². The molecule has 1 aliphatic heterocycles. The first kappa shape index (κ1) is 24.5. The van der Waals surface area contributed by atoms with Crippen LogP contribution in [-0.4, -0.2) is 74.9 Å². The highest BCUT2D eigenvalue weighted by Gasteiger charge is 2.20. The van der Waals surface area contributed by atoms with Crippen LogP contribution in [-0.2, 0) is 10.5 Å². The molecule has 0 unspecified atom stereocenters. The lowest BCUT2D eigenvalue weighted by molar-refractivity contribution is 0.0383. The van der Waals surface area contributed by atoms with Gasteiger partial charge in [0.25, 0.3) is 5.91 Å². The highest BCUT2D eigenvalue weighted by molar-refractivity contribution is 7.98. The summed E-state index contributed by atoms with van der Waals surface area (Å²) < 4.78 is 21.8. The fourth-order valence-electron chi connectivity index (χ4n) is 3.75. The van der Waals surface area contributed by atoms with E-state index >= 15 is 0 Å². The van der Waals surface area contributed by atoms with Crippen LogP contribution in [0.3, 0.4) is 0 Å². The molecule has 0 spiro atoms. The van der Waals surface area contributed by atoms with E-state index in [0.29, 0.717) is 34.7 Å². The van der Waals surface area contributed by atoms with Gasteiger partial charge in [0, 0.05) is 49.5 Å². The molecule has 1 saturated heterocycles. The maximum Gasteiger partial charge on any atom is 0.270 e. The molecule has 4 aromatic rings. The molecule has 1 aromatic carbocycles. The highest BCUT2D eigenvalue weighted by atomic mass is 32.2. The smallest absolute Gasteiger partial charge is 0.270 e. The van der Waals surface area contributed by atoms with E-state index in [2.05, 4.69) is 30.4 Å². The fraction of sp³-hybridized carbons (Fsp3) is 0.292. The zero-order chi connectivity index (χ0) is 24.7. The number of thioether (sulfide) groups is 1. The number of amides is 1. The summed E-state index contributed by atoms with van der Waals surface area (Å²) in [5.41, 5.74) is 1.47. The van der Waals surface area contributed by atoms with Crippen molar-refractivity contribution in [1.29, 1.82) is 0 Å². The van der Waals surface area contributed by atoms with Crippen molar-refractivity contribution < 1.29 is 13.9 Å². The number of carbonyl (C=O) groups is 1. The second-order valence-corrected chi connectivity index (χ2v) is 9.84. The lowest BCUT2D eigenvalue weighted by atomic mass is 10.2. The van der Waals surface area contributed by atoms with Gasteiger partial charge in [-0.05, 0) is 24.3 Å². The van der Waals surface area contributed by atoms with E-state index in [1.807, 2.05) is 6.07 Å². The molecule has 0 bridgehead atoms. The molecular weight excluding hydrogens is 501 g/mol. The summed E-state index contributed by atoms with van der Waals surface area (Å²) in [5.74, 6) is 0.389. The second-order valence-electron chi connectivity index (χ2n) is 7.96. The monoisotopic (exact) mass is 525 g/mol. The number of morpholine rings is 1. The molecule has 186 valence electrons. The third kappa shape index (κ3) is 5.78. The Morgan fingerprint density at radius 1 is 1.17 bits per heavy atom. The number of benzene rings is 1. The molecule has 3 aromatic heterocycles. The Hall–Kier alpha value is -3.19. The van der Waals surface area contributed by atoms with Crippen LogP contribution in [0.2, 0.25) is 0 Å². The molecule has 1 fully saturated rings. The molecule has 0 saturated carbocycles. The van der Waals surface area contributed by atoms with E-state index in [4.69, 9.17) is 4.74 Å². The molecule has 4 heterocycles. The number of pyridine rings is 1. The number of para-hydroxylation sites is 1. The van der Waals surface area contributed by atoms with E-state index in [1.54, 1.807) is 46.6 Å². The van der Waals surface area contributed by atoms with Crippen LogP contribution in [0.15, 0.2) is 59.3 Å². The van der Waals surface area contributed by atoms with Gasteiger partial charge in [-0.2, -0.15) is 0 Å². The number of thiazole rings is 1. The van der Waals surface area contributed by atoms with Crippen LogP contribution in [0.5, 0.6) is 0 Å². The number of hydrogen-bond donors (Lipinski definition) is 1. The Bertz CT molecular complexity index is 1310. The van der Waals surface area contributed by atoms with E-state index in [1.165, 1.54) is 29.2 Å². The van der Waals surface area contributed by atoms with Crippen LogP contribution < -0.4 is 5.32 Å². The Morgan fingerprint density at radius 3 is 2.83 bits per heavy atom. The van der Waals surface area contributed by atoms with Crippen LogP contribution in [0, 0.1) is 5.82 Å². The Balaban J connectivity index is 1.26. The summed E-state index contributed by atoms with van der Waals surface area (Å²) in [6.45, 7) is 4.57. The lowest BCUT2D eigenvalue weighted by Gasteiger charge is -2.26. The average molecular weight is 526 g/mol. The summed E-state index contributed by atoms with van der Waals surface area (Å²) in [5, 5.41) is 14.6. The van der Waals surface area contributed by atoms with Gasteiger partial charge >= 0.3 is 0 Å². The van der Waals surface area contributed by atoms with E-state index in [-0.39, 0.29) is 11.7 Å². The van der Waals surface area contributed by atoms with Gasteiger partial charge in [0.05, 0.1) is 24.7 Å². The number of carbonyl (C=O) groups excluding carboxylic acids is 1. The summed E-state index contributed by atoms with van der Waals surface area (Å²) in [4.78, 5) is 23.4. The van der Waals surface area contributed by atoms with Crippen molar-refractivity contribution in [2.75, 3.05) is 39.4 Å². The van der Waals surface area contributed by atoms with E-state index in [9.17, 15) is 9.18 Å². The largest absolute Gasteiger partial charge is 0.379 e. The molecule has 5 rings (SSSR count). The first-order valence-corrected chi connectivity index (χ1v) is 13.3. The van der Waals surface area contributed by atoms with E-state index < -0.39 is 0 Å². The molecule has 12 heteroatoms. The molecule has 0 radical (unpaired) electrons. The maximum absolute atomic E-state index is 14.7. The normalized spacial score (nSPS) is 14.1. The van der Waals surface area contributed by atoms with Crippen molar-refractivity contribution in [3.05, 3.63) is 70.7 Å². The van der Waals surface area contributed by atoms with Crippen molar-refractivity contribution in [3.63, 3.8) is 0 Å². The highest BCUT2D eigenvalue weighted by Crippen LogP contribution is 2.31. The quantitative estimate of drug-likeness (QED) is 0.333. The SMILES string of the molecule is O=C(NCCN1CCOCC1)c1csc(CSc2nnc(-c3cccnc3)n2-c2ccccc2F)n1. The van der Waals surface area contributed by atoms with Gasteiger partial charge in [-0.3, -0.25) is 19.2 Å². The van der Waals surface area contributed by atoms with Gasteiger partial charge < -0.3 is 10.1 Å². The first-order chi connectivity index (χ1) is 17.7. The van der Waals surface area contributed by atoms with Gasteiger partial charge in [0.15, 0.2) is 11.0 Å². The summed E-state index contributed by atoms with van der Waals surface area (Å²) in [6, 6.07) is 10.2. The first-order valence-electron chi connectivity index (χ1n) is 11.5. The van der Waals surface area contributed by atoms with Crippen molar-refractivity contribution in [2.45, 2.75) is 10.9 Å². The number of nitrogens with zero attached hydrogens (tertiary/aromatic N) is 6. The van der Waals surface area contributed by atoms with E-state index in [0.717, 1.165) is 43.4 Å². The van der Waals surface area contributed by atoms with Gasteiger partial charge in [0.2, 0.25) is 0 Å². The summed E-state index contributed by atoms with van der Waals surface area (Å²) in [7, 11) is 0. The van der Waals surface area contributed by atoms with Crippen molar-refractivity contribution in [3.8, 4) is 17.1 Å². The topological polar surface area (TPSA) is 98.1 Å². The third-order valence-corrected chi connectivity index (χ3v) is 7.54. The number of nitrogens with one attached hydrogen (secondary N) is 1. The summed E-state index contributed by atoms with van der Waals surface area (Å²) >= 11 is 2.79. The number of halogens is 1. The van der Waals surface area contributed by atoms with Gasteiger partial charge in [-0.25, -0.2) is 9.37 Å². The molecule has 0 aliphatic carbocycles. The maximum atomic E-state index is 14.7. The number of hydrogen-bond acceptors (Lipinski definition) is 9. The zero-order valence-corrected chi connectivity index (χ0v) is 21.0. The van der Waals surface area contributed by atoms with Crippen LogP contribution in [0.1, 0.15) is 15.5 Å². The number of aromatic nitrogens is 5. The van der Waals surface area contributed by atoms with Crippen LogP contribution in [0.25, 0.3) is 17.1 Å². The predicted octanol–water partition coefficient (Wildman–Crippen LogP) is 3.28. The van der Waals surface area contributed by atoms with Gasteiger partial charge in [-0.15, -0.1) is 21.5 Å². The minimum absolute atomic E-state index is 0.191. The Morgan fingerprint density at radius 2 is 2.03 bits per heavy atom. The number of ether oxygens (including phenoxy) is 1. The van der Waals surface area contributed by atoms with Crippen LogP contribution in [0.4, 0.5) is 4.39 Å². The summed E-state index contributed by atoms with van der Waals surface area (Å²) in [6.07, 6.45) is 3.34. The average Bonchev–Trinajstić information content (AvgIpc) is 3.56. The Kier molecular flexibility index (Phi) is 7.96. The minimum Gasteiger partial charge on any atom is -0.379 e. The standard InChI is InChI=1S/C24H24FN7O2S2/c25-18-5-1-2-6-20(18)32-22(17-4-3-7-26-14-17)29-30-24(32)36-16-21-28-19(15-35-21)23(33)27-8-9-31-10-12-34-13-11-31/h1-7,14-15H,8-13,16H2,(H,27,33). The Labute approximate surface area is 215 Å². The minimum atomic E-state index is -0.380. The predicted molar refractivity (Wildman–Crippen MR) is 136 cm³/mol. The molecule has 1 N–H and O–H groups in total.